The molecule has 1 fully saturated rings. The fraction of sp³-hybridized carbons (Fsp3) is 0.588. The molecule has 1 aliphatic rings. The molecule has 2 rings (SSSR count). The number of carbonyl (C=O) groups is 1. The Labute approximate surface area is 154 Å². The van der Waals surface area contributed by atoms with E-state index in [0.29, 0.717) is 19.1 Å². The van der Waals surface area contributed by atoms with Crippen LogP contribution >= 0.6 is 31.9 Å². The van der Waals surface area contributed by atoms with Crippen LogP contribution < -0.4 is 4.74 Å². The molecule has 0 spiro atoms. The molecule has 6 heteroatoms. The van der Waals surface area contributed by atoms with Gasteiger partial charge in [-0.3, -0.25) is 0 Å². The lowest BCUT2D eigenvalue weighted by atomic mass is 9.99. The van der Waals surface area contributed by atoms with E-state index in [1.807, 2.05) is 39.0 Å². The Bertz CT molecular complexity index is 537. The van der Waals surface area contributed by atoms with Crippen LogP contribution in [0.4, 0.5) is 4.79 Å². The van der Waals surface area contributed by atoms with Crippen LogP contribution in [0.15, 0.2) is 27.1 Å². The predicted molar refractivity (Wildman–Crippen MR) is 97.9 cm³/mol. The van der Waals surface area contributed by atoms with Gasteiger partial charge in [-0.1, -0.05) is 6.07 Å². The fourth-order valence-corrected chi connectivity index (χ4v) is 3.74. The van der Waals surface area contributed by atoms with E-state index in [-0.39, 0.29) is 6.09 Å². The minimum absolute atomic E-state index is 0.232. The number of nitrogens with zero attached hydrogens (tertiary/aromatic N) is 1. The maximum atomic E-state index is 12.2. The number of benzene rings is 1. The minimum Gasteiger partial charge on any atom is -0.491 e. The lowest BCUT2D eigenvalue weighted by Crippen LogP contribution is -2.44. The number of hydrogen-bond acceptors (Lipinski definition) is 3. The molecule has 0 radical (unpaired) electrons. The lowest BCUT2D eigenvalue weighted by Gasteiger charge is -2.34. The molecule has 128 valence electrons. The van der Waals surface area contributed by atoms with Gasteiger partial charge in [-0.25, -0.2) is 4.79 Å². The molecule has 0 bridgehead atoms. The molecule has 0 saturated carbocycles. The predicted octanol–water partition coefficient (Wildman–Crippen LogP) is 5.24. The van der Waals surface area contributed by atoms with Gasteiger partial charge in [0.15, 0.2) is 0 Å². The SMILES string of the molecule is CC(C)(C)OC(=O)N1CCCC(COc2c(Br)cccc2Br)C1. The third kappa shape index (κ3) is 5.68. The van der Waals surface area contributed by atoms with Crippen molar-refractivity contribution in [2.75, 3.05) is 19.7 Å². The maximum absolute atomic E-state index is 12.2. The van der Waals surface area contributed by atoms with Crippen molar-refractivity contribution in [3.05, 3.63) is 27.1 Å². The van der Waals surface area contributed by atoms with Crippen molar-refractivity contribution in [2.45, 2.75) is 39.2 Å². The molecule has 1 unspecified atom stereocenters. The first-order valence-electron chi connectivity index (χ1n) is 7.81. The fourth-order valence-electron chi connectivity index (χ4n) is 2.52. The summed E-state index contributed by atoms with van der Waals surface area (Å²) in [5.41, 5.74) is -0.458. The highest BCUT2D eigenvalue weighted by atomic mass is 79.9. The maximum Gasteiger partial charge on any atom is 0.410 e. The second kappa shape index (κ2) is 7.88. The Morgan fingerprint density at radius 1 is 1.30 bits per heavy atom. The molecule has 1 aromatic rings. The number of ether oxygens (including phenoxy) is 2. The highest BCUT2D eigenvalue weighted by Gasteiger charge is 2.28. The van der Waals surface area contributed by atoms with Crippen LogP contribution in [0, 0.1) is 5.92 Å². The molecular formula is C17H23Br2NO3. The summed E-state index contributed by atoms with van der Waals surface area (Å²) in [6.45, 7) is 7.68. The summed E-state index contributed by atoms with van der Waals surface area (Å²) < 4.78 is 13.3. The van der Waals surface area contributed by atoms with Crippen molar-refractivity contribution in [3.63, 3.8) is 0 Å². The van der Waals surface area contributed by atoms with Crippen molar-refractivity contribution in [1.82, 2.24) is 4.90 Å². The molecule has 0 aromatic heterocycles. The van der Waals surface area contributed by atoms with Crippen LogP contribution in [0.3, 0.4) is 0 Å². The zero-order valence-electron chi connectivity index (χ0n) is 13.8. The van der Waals surface area contributed by atoms with Gasteiger partial charge in [0.2, 0.25) is 0 Å². The molecular weight excluding hydrogens is 426 g/mol. The van der Waals surface area contributed by atoms with Crippen LogP contribution in [0.2, 0.25) is 0 Å². The Kier molecular flexibility index (Phi) is 6.37. The Balaban J connectivity index is 1.90. The average Bonchev–Trinajstić information content (AvgIpc) is 2.45. The van der Waals surface area contributed by atoms with Crippen LogP contribution in [-0.4, -0.2) is 36.3 Å². The third-order valence-corrected chi connectivity index (χ3v) is 4.80. The van der Waals surface area contributed by atoms with Crippen LogP contribution in [0.5, 0.6) is 5.75 Å². The van der Waals surface area contributed by atoms with Crippen molar-refractivity contribution in [3.8, 4) is 5.75 Å². The van der Waals surface area contributed by atoms with E-state index >= 15 is 0 Å². The molecule has 1 aliphatic heterocycles. The highest BCUT2D eigenvalue weighted by molar-refractivity contribution is 9.11. The van der Waals surface area contributed by atoms with Gasteiger partial charge >= 0.3 is 6.09 Å². The van der Waals surface area contributed by atoms with E-state index in [1.54, 1.807) is 4.90 Å². The third-order valence-electron chi connectivity index (χ3n) is 3.55. The first kappa shape index (κ1) is 18.6. The molecule has 1 atom stereocenters. The Morgan fingerprint density at radius 2 is 1.96 bits per heavy atom. The Hall–Kier alpha value is -0.750. The van der Waals surface area contributed by atoms with Gasteiger partial charge in [-0.2, -0.15) is 0 Å². The van der Waals surface area contributed by atoms with Gasteiger partial charge in [-0.15, -0.1) is 0 Å². The smallest absolute Gasteiger partial charge is 0.410 e. The van der Waals surface area contributed by atoms with Crippen LogP contribution in [-0.2, 0) is 4.74 Å². The summed E-state index contributed by atoms with van der Waals surface area (Å²) in [5.74, 6) is 1.12. The Morgan fingerprint density at radius 3 is 2.57 bits per heavy atom. The number of halogens is 2. The number of rotatable bonds is 3. The van der Waals surface area contributed by atoms with E-state index in [4.69, 9.17) is 9.47 Å². The van der Waals surface area contributed by atoms with E-state index in [2.05, 4.69) is 31.9 Å². The normalized spacial score (nSPS) is 18.7. The van der Waals surface area contributed by atoms with E-state index in [1.165, 1.54) is 0 Å². The van der Waals surface area contributed by atoms with Crippen LogP contribution in [0.25, 0.3) is 0 Å². The van der Waals surface area contributed by atoms with Gasteiger partial charge in [-0.05, 0) is 77.6 Å². The highest BCUT2D eigenvalue weighted by Crippen LogP contribution is 2.33. The molecule has 0 aliphatic carbocycles. The number of para-hydroxylation sites is 1. The van der Waals surface area contributed by atoms with Gasteiger partial charge in [0.05, 0.1) is 15.6 Å². The molecule has 1 heterocycles. The first-order valence-corrected chi connectivity index (χ1v) is 9.39. The molecule has 23 heavy (non-hydrogen) atoms. The average molecular weight is 449 g/mol. The zero-order chi connectivity index (χ0) is 17.0. The van der Waals surface area contributed by atoms with Gasteiger partial charge in [0, 0.05) is 19.0 Å². The minimum atomic E-state index is -0.458. The molecule has 4 nitrogen and oxygen atoms in total. The monoisotopic (exact) mass is 447 g/mol. The first-order chi connectivity index (χ1) is 10.8. The van der Waals surface area contributed by atoms with E-state index in [9.17, 15) is 4.79 Å². The molecule has 1 amide bonds. The second-order valence-corrected chi connectivity index (χ2v) is 8.51. The van der Waals surface area contributed by atoms with Crippen molar-refractivity contribution >= 4 is 38.0 Å². The van der Waals surface area contributed by atoms with Crippen LogP contribution in [0.1, 0.15) is 33.6 Å². The number of piperidine rings is 1. The van der Waals surface area contributed by atoms with Crippen molar-refractivity contribution in [1.29, 1.82) is 0 Å². The number of hydrogen-bond donors (Lipinski definition) is 0. The summed E-state index contributed by atoms with van der Waals surface area (Å²) in [4.78, 5) is 14.0. The zero-order valence-corrected chi connectivity index (χ0v) is 16.9. The summed E-state index contributed by atoms with van der Waals surface area (Å²) in [7, 11) is 0. The molecule has 0 N–H and O–H groups in total. The topological polar surface area (TPSA) is 38.8 Å². The number of amides is 1. The summed E-state index contributed by atoms with van der Waals surface area (Å²) in [6.07, 6.45) is 1.80. The van der Waals surface area contributed by atoms with E-state index in [0.717, 1.165) is 34.1 Å². The quantitative estimate of drug-likeness (QED) is 0.634. The lowest BCUT2D eigenvalue weighted by molar-refractivity contribution is 0.0139. The molecule has 1 aromatic carbocycles. The number of carbonyl (C=O) groups excluding carboxylic acids is 1. The van der Waals surface area contributed by atoms with Gasteiger partial charge < -0.3 is 14.4 Å². The summed E-state index contributed by atoms with van der Waals surface area (Å²) >= 11 is 7.00. The molecule has 1 saturated heterocycles. The largest absolute Gasteiger partial charge is 0.491 e. The van der Waals surface area contributed by atoms with Gasteiger partial charge in [0.25, 0.3) is 0 Å². The summed E-state index contributed by atoms with van der Waals surface area (Å²) in [6, 6.07) is 5.85. The second-order valence-electron chi connectivity index (χ2n) is 6.80. The van der Waals surface area contributed by atoms with Crippen molar-refractivity contribution in [2.24, 2.45) is 5.92 Å². The van der Waals surface area contributed by atoms with Gasteiger partial charge in [0.1, 0.15) is 11.4 Å². The standard InChI is InChI=1S/C17H23Br2NO3/c1-17(2,3)23-16(21)20-9-5-6-12(10-20)11-22-15-13(18)7-4-8-14(15)19/h4,7-8,12H,5-6,9-11H2,1-3H3. The van der Waals surface area contributed by atoms with Crippen molar-refractivity contribution < 1.29 is 14.3 Å². The summed E-state index contributed by atoms with van der Waals surface area (Å²) in [5, 5.41) is 0. The number of likely N-dealkylation sites (tertiary alicyclic amines) is 1. The van der Waals surface area contributed by atoms with E-state index < -0.39 is 5.60 Å².